The third-order valence-corrected chi connectivity index (χ3v) is 2.07. The van der Waals surface area contributed by atoms with Crippen LogP contribution < -0.4 is 15.2 Å². The van der Waals surface area contributed by atoms with E-state index in [9.17, 15) is 0 Å². The molecule has 0 spiro atoms. The molecule has 1 rings (SSSR count). The number of nitrogen functional groups attached to an aromatic ring is 1. The molecule has 0 fully saturated rings. The lowest BCUT2D eigenvalue weighted by Crippen LogP contribution is -2.11. The van der Waals surface area contributed by atoms with E-state index in [-0.39, 0.29) is 0 Å². The second kappa shape index (κ2) is 4.89. The molecule has 0 aliphatic heterocycles. The van der Waals surface area contributed by atoms with Crippen molar-refractivity contribution in [1.29, 1.82) is 0 Å². The molecule has 0 amide bonds. The summed E-state index contributed by atoms with van der Waals surface area (Å²) in [5.74, 6) is 1.27. The molecule has 0 aliphatic carbocycles. The second-order valence-corrected chi connectivity index (χ2v) is 3.66. The number of hydrogen-bond acceptors (Lipinski definition) is 4. The Morgan fingerprint density at radius 2 is 1.87 bits per heavy atom. The van der Waals surface area contributed by atoms with Gasteiger partial charge in [0.25, 0.3) is 0 Å². The van der Waals surface area contributed by atoms with E-state index in [1.54, 1.807) is 14.2 Å². The summed E-state index contributed by atoms with van der Waals surface area (Å²) in [4.78, 5) is 2.07. The van der Waals surface area contributed by atoms with Gasteiger partial charge in [-0.2, -0.15) is 0 Å². The molecule has 0 aliphatic rings. The fourth-order valence-electron chi connectivity index (χ4n) is 1.51. The average Bonchev–Trinajstić information content (AvgIpc) is 2.15. The van der Waals surface area contributed by atoms with Crippen molar-refractivity contribution in [3.8, 4) is 11.5 Å². The number of hydrogen-bond donors (Lipinski definition) is 1. The first kappa shape index (κ1) is 11.7. The first-order chi connectivity index (χ1) is 7.08. The van der Waals surface area contributed by atoms with Crippen molar-refractivity contribution in [2.45, 2.75) is 6.54 Å². The molecule has 2 N–H and O–H groups in total. The third-order valence-electron chi connectivity index (χ3n) is 2.07. The SMILES string of the molecule is COc1cc(CN(C)C)cc(N)c1OC. The van der Waals surface area contributed by atoms with E-state index in [4.69, 9.17) is 15.2 Å². The van der Waals surface area contributed by atoms with E-state index in [1.807, 2.05) is 26.2 Å². The zero-order chi connectivity index (χ0) is 11.4. The van der Waals surface area contributed by atoms with Crippen LogP contribution in [0.1, 0.15) is 5.56 Å². The van der Waals surface area contributed by atoms with E-state index >= 15 is 0 Å². The lowest BCUT2D eigenvalue weighted by Gasteiger charge is -2.14. The Morgan fingerprint density at radius 1 is 1.20 bits per heavy atom. The third kappa shape index (κ3) is 2.76. The van der Waals surface area contributed by atoms with Crippen LogP contribution in [-0.2, 0) is 6.54 Å². The molecule has 1 aromatic carbocycles. The molecule has 0 bridgehead atoms. The van der Waals surface area contributed by atoms with Crippen LogP contribution in [0.3, 0.4) is 0 Å². The number of benzene rings is 1. The van der Waals surface area contributed by atoms with Gasteiger partial charge in [0.1, 0.15) is 0 Å². The Balaban J connectivity index is 3.08. The first-order valence-corrected chi connectivity index (χ1v) is 4.73. The molecule has 4 nitrogen and oxygen atoms in total. The molecule has 84 valence electrons. The Kier molecular flexibility index (Phi) is 3.80. The summed E-state index contributed by atoms with van der Waals surface area (Å²) in [6, 6.07) is 3.84. The Bertz CT molecular complexity index is 338. The minimum atomic E-state index is 0.597. The van der Waals surface area contributed by atoms with Crippen LogP contribution in [0.4, 0.5) is 5.69 Å². The van der Waals surface area contributed by atoms with Crippen molar-refractivity contribution in [2.24, 2.45) is 0 Å². The molecule has 0 unspecified atom stereocenters. The van der Waals surface area contributed by atoms with E-state index in [0.29, 0.717) is 17.2 Å². The molecule has 4 heteroatoms. The molecular weight excluding hydrogens is 192 g/mol. The van der Waals surface area contributed by atoms with Crippen LogP contribution in [0, 0.1) is 0 Å². The highest BCUT2D eigenvalue weighted by atomic mass is 16.5. The van der Waals surface area contributed by atoms with Crippen LogP contribution in [0.15, 0.2) is 12.1 Å². The van der Waals surface area contributed by atoms with Crippen LogP contribution in [-0.4, -0.2) is 33.2 Å². The smallest absolute Gasteiger partial charge is 0.183 e. The maximum atomic E-state index is 5.86. The standard InChI is InChI=1S/C11H18N2O2/c1-13(2)7-8-5-9(12)11(15-4)10(6-8)14-3/h5-6H,7,12H2,1-4H3. The number of rotatable bonds is 4. The Hall–Kier alpha value is -1.42. The molecule has 0 atom stereocenters. The molecule has 0 radical (unpaired) electrons. The predicted octanol–water partition coefficient (Wildman–Crippen LogP) is 1.35. The van der Waals surface area contributed by atoms with Crippen molar-refractivity contribution in [3.05, 3.63) is 17.7 Å². The Morgan fingerprint density at radius 3 is 2.33 bits per heavy atom. The van der Waals surface area contributed by atoms with Gasteiger partial charge in [0.15, 0.2) is 11.5 Å². The van der Waals surface area contributed by atoms with Gasteiger partial charge in [-0.1, -0.05) is 0 Å². The van der Waals surface area contributed by atoms with E-state index in [0.717, 1.165) is 12.1 Å². The molecule has 0 heterocycles. The van der Waals surface area contributed by atoms with Crippen LogP contribution in [0.25, 0.3) is 0 Å². The molecular formula is C11H18N2O2. The molecule has 0 aromatic heterocycles. The topological polar surface area (TPSA) is 47.7 Å². The van der Waals surface area contributed by atoms with Gasteiger partial charge in [-0.25, -0.2) is 0 Å². The lowest BCUT2D eigenvalue weighted by atomic mass is 10.1. The van der Waals surface area contributed by atoms with Gasteiger partial charge >= 0.3 is 0 Å². The van der Waals surface area contributed by atoms with Gasteiger partial charge in [-0.05, 0) is 31.8 Å². The number of nitrogens with zero attached hydrogens (tertiary/aromatic N) is 1. The highest BCUT2D eigenvalue weighted by molar-refractivity contribution is 5.62. The maximum absolute atomic E-state index is 5.86. The maximum Gasteiger partial charge on any atom is 0.183 e. The molecule has 0 saturated carbocycles. The zero-order valence-corrected chi connectivity index (χ0v) is 9.70. The molecule has 1 aromatic rings. The molecule has 0 saturated heterocycles. The van der Waals surface area contributed by atoms with Crippen molar-refractivity contribution >= 4 is 5.69 Å². The monoisotopic (exact) mass is 210 g/mol. The van der Waals surface area contributed by atoms with Crippen molar-refractivity contribution in [2.75, 3.05) is 34.0 Å². The summed E-state index contributed by atoms with van der Waals surface area (Å²) in [7, 11) is 7.20. The first-order valence-electron chi connectivity index (χ1n) is 4.73. The summed E-state index contributed by atoms with van der Waals surface area (Å²) in [6.07, 6.45) is 0. The van der Waals surface area contributed by atoms with E-state index in [2.05, 4.69) is 4.90 Å². The summed E-state index contributed by atoms with van der Waals surface area (Å²) in [6.45, 7) is 0.824. The largest absolute Gasteiger partial charge is 0.493 e. The number of methoxy groups -OCH3 is 2. The van der Waals surface area contributed by atoms with Gasteiger partial charge in [0.2, 0.25) is 0 Å². The number of ether oxygens (including phenoxy) is 2. The highest BCUT2D eigenvalue weighted by Gasteiger charge is 2.10. The van der Waals surface area contributed by atoms with Crippen LogP contribution >= 0.6 is 0 Å². The normalized spacial score (nSPS) is 10.5. The lowest BCUT2D eigenvalue weighted by molar-refractivity contribution is 0.354. The summed E-state index contributed by atoms with van der Waals surface area (Å²) in [5, 5.41) is 0. The second-order valence-electron chi connectivity index (χ2n) is 3.66. The van der Waals surface area contributed by atoms with Crippen molar-refractivity contribution in [3.63, 3.8) is 0 Å². The molecule has 15 heavy (non-hydrogen) atoms. The zero-order valence-electron chi connectivity index (χ0n) is 9.70. The number of nitrogens with two attached hydrogens (primary N) is 1. The van der Waals surface area contributed by atoms with E-state index < -0.39 is 0 Å². The van der Waals surface area contributed by atoms with Gasteiger partial charge < -0.3 is 20.1 Å². The van der Waals surface area contributed by atoms with Gasteiger partial charge in [0, 0.05) is 6.54 Å². The predicted molar refractivity (Wildman–Crippen MR) is 61.3 cm³/mol. The van der Waals surface area contributed by atoms with Gasteiger partial charge in [-0.3, -0.25) is 0 Å². The minimum Gasteiger partial charge on any atom is -0.493 e. The fraction of sp³-hybridized carbons (Fsp3) is 0.455. The van der Waals surface area contributed by atoms with Gasteiger partial charge in [-0.15, -0.1) is 0 Å². The van der Waals surface area contributed by atoms with Crippen molar-refractivity contribution < 1.29 is 9.47 Å². The van der Waals surface area contributed by atoms with Crippen molar-refractivity contribution in [1.82, 2.24) is 4.90 Å². The Labute approximate surface area is 90.6 Å². The van der Waals surface area contributed by atoms with Gasteiger partial charge in [0.05, 0.1) is 19.9 Å². The highest BCUT2D eigenvalue weighted by Crippen LogP contribution is 2.34. The number of anilines is 1. The summed E-state index contributed by atoms with van der Waals surface area (Å²) in [5.41, 5.74) is 7.57. The van der Waals surface area contributed by atoms with Crippen LogP contribution in [0.5, 0.6) is 11.5 Å². The average molecular weight is 210 g/mol. The fourth-order valence-corrected chi connectivity index (χ4v) is 1.51. The summed E-state index contributed by atoms with van der Waals surface area (Å²) >= 11 is 0. The van der Waals surface area contributed by atoms with E-state index in [1.165, 1.54) is 0 Å². The quantitative estimate of drug-likeness (QED) is 0.762. The minimum absolute atomic E-state index is 0.597. The summed E-state index contributed by atoms with van der Waals surface area (Å²) < 4.78 is 10.4. The van der Waals surface area contributed by atoms with Crippen LogP contribution in [0.2, 0.25) is 0 Å².